The molecule has 0 aromatic heterocycles. The second kappa shape index (κ2) is 8.42. The number of anilines is 1. The Kier molecular flexibility index (Phi) is 5.77. The van der Waals surface area contributed by atoms with E-state index in [1.54, 1.807) is 7.11 Å². The van der Waals surface area contributed by atoms with Gasteiger partial charge in [-0.15, -0.1) is 0 Å². The van der Waals surface area contributed by atoms with E-state index < -0.39 is 0 Å². The first-order valence-electron chi connectivity index (χ1n) is 8.62. The van der Waals surface area contributed by atoms with Gasteiger partial charge in [0.2, 0.25) is 5.91 Å². The predicted molar refractivity (Wildman–Crippen MR) is 98.5 cm³/mol. The fourth-order valence-corrected chi connectivity index (χ4v) is 3.04. The molecule has 1 heterocycles. The van der Waals surface area contributed by atoms with Gasteiger partial charge in [-0.3, -0.25) is 4.79 Å². The molecule has 0 saturated heterocycles. The molecule has 2 aromatic rings. The SMILES string of the molecule is COc1ccc(OCCNC(=O)CN2CCCc3ccccc32)cc1. The maximum absolute atomic E-state index is 12.2. The van der Waals surface area contributed by atoms with Gasteiger partial charge in [0.15, 0.2) is 0 Å². The highest BCUT2D eigenvalue weighted by molar-refractivity contribution is 5.81. The lowest BCUT2D eigenvalue weighted by Gasteiger charge is -2.30. The summed E-state index contributed by atoms with van der Waals surface area (Å²) in [7, 11) is 1.63. The van der Waals surface area contributed by atoms with Crippen molar-refractivity contribution in [3.8, 4) is 11.5 Å². The first kappa shape index (κ1) is 17.1. The van der Waals surface area contributed by atoms with Crippen LogP contribution in [0.4, 0.5) is 5.69 Å². The zero-order valence-corrected chi connectivity index (χ0v) is 14.5. The molecule has 0 aliphatic carbocycles. The number of hydrogen-bond donors (Lipinski definition) is 1. The van der Waals surface area contributed by atoms with Crippen LogP contribution in [0, 0.1) is 0 Å². The molecule has 132 valence electrons. The Hall–Kier alpha value is -2.69. The summed E-state index contributed by atoms with van der Waals surface area (Å²) in [6.07, 6.45) is 2.18. The van der Waals surface area contributed by atoms with Gasteiger partial charge in [-0.2, -0.15) is 0 Å². The average molecular weight is 340 g/mol. The molecule has 0 bridgehead atoms. The highest BCUT2D eigenvalue weighted by Gasteiger charge is 2.18. The van der Waals surface area contributed by atoms with E-state index in [0.29, 0.717) is 19.7 Å². The fourth-order valence-electron chi connectivity index (χ4n) is 3.04. The molecule has 1 aliphatic rings. The second-order valence-corrected chi connectivity index (χ2v) is 6.03. The number of hydrogen-bond acceptors (Lipinski definition) is 4. The van der Waals surface area contributed by atoms with Crippen LogP contribution >= 0.6 is 0 Å². The molecule has 2 aromatic carbocycles. The molecule has 0 fully saturated rings. The third-order valence-corrected chi connectivity index (χ3v) is 4.29. The van der Waals surface area contributed by atoms with Crippen molar-refractivity contribution in [2.45, 2.75) is 12.8 Å². The summed E-state index contributed by atoms with van der Waals surface area (Å²) in [5.41, 5.74) is 2.50. The van der Waals surface area contributed by atoms with E-state index in [1.807, 2.05) is 30.3 Å². The number of aryl methyl sites for hydroxylation is 1. The van der Waals surface area contributed by atoms with Gasteiger partial charge in [0, 0.05) is 12.2 Å². The quantitative estimate of drug-likeness (QED) is 0.787. The van der Waals surface area contributed by atoms with Crippen molar-refractivity contribution >= 4 is 11.6 Å². The number of rotatable bonds is 7. The number of nitrogens with zero attached hydrogens (tertiary/aromatic N) is 1. The molecule has 3 rings (SSSR count). The topological polar surface area (TPSA) is 50.8 Å². The summed E-state index contributed by atoms with van der Waals surface area (Å²) >= 11 is 0. The zero-order chi connectivity index (χ0) is 17.5. The number of benzene rings is 2. The number of carbonyl (C=O) groups is 1. The fraction of sp³-hybridized carbons (Fsp3) is 0.350. The molecular formula is C20H24N2O3. The summed E-state index contributed by atoms with van der Waals surface area (Å²) in [5, 5.41) is 2.92. The number of para-hydroxylation sites is 1. The smallest absolute Gasteiger partial charge is 0.239 e. The highest BCUT2D eigenvalue weighted by atomic mass is 16.5. The Morgan fingerprint density at radius 2 is 1.88 bits per heavy atom. The standard InChI is InChI=1S/C20H24N2O3/c1-24-17-8-10-18(11-9-17)25-14-12-21-20(23)15-22-13-4-6-16-5-2-3-7-19(16)22/h2-3,5,7-11H,4,6,12-15H2,1H3,(H,21,23). The summed E-state index contributed by atoms with van der Waals surface area (Å²) in [5.74, 6) is 1.58. The molecule has 1 aliphatic heterocycles. The first-order chi connectivity index (χ1) is 12.3. The maximum atomic E-state index is 12.2. The lowest BCUT2D eigenvalue weighted by Crippen LogP contribution is -2.40. The van der Waals surface area contributed by atoms with Crippen LogP contribution in [-0.4, -0.2) is 39.3 Å². The van der Waals surface area contributed by atoms with Crippen LogP contribution in [0.25, 0.3) is 0 Å². The molecule has 0 atom stereocenters. The number of carbonyl (C=O) groups excluding carboxylic acids is 1. The third-order valence-electron chi connectivity index (χ3n) is 4.29. The van der Waals surface area contributed by atoms with Gasteiger partial charge >= 0.3 is 0 Å². The van der Waals surface area contributed by atoms with Crippen LogP contribution < -0.4 is 19.7 Å². The number of methoxy groups -OCH3 is 1. The molecule has 0 spiro atoms. The van der Waals surface area contributed by atoms with Crippen LogP contribution in [0.3, 0.4) is 0 Å². The molecule has 5 nitrogen and oxygen atoms in total. The van der Waals surface area contributed by atoms with Crippen LogP contribution in [0.2, 0.25) is 0 Å². The number of nitrogens with one attached hydrogen (secondary N) is 1. The van der Waals surface area contributed by atoms with Gasteiger partial charge in [-0.05, 0) is 48.7 Å². The minimum absolute atomic E-state index is 0.0232. The predicted octanol–water partition coefficient (Wildman–Crippen LogP) is 2.64. The largest absolute Gasteiger partial charge is 0.497 e. The van der Waals surface area contributed by atoms with Crippen molar-refractivity contribution in [2.24, 2.45) is 0 Å². The summed E-state index contributed by atoms with van der Waals surface area (Å²) < 4.78 is 10.7. The lowest BCUT2D eigenvalue weighted by molar-refractivity contribution is -0.119. The van der Waals surface area contributed by atoms with Crippen LogP contribution in [0.5, 0.6) is 11.5 Å². The van der Waals surface area contributed by atoms with Crippen molar-refractivity contribution in [3.63, 3.8) is 0 Å². The Morgan fingerprint density at radius 3 is 2.68 bits per heavy atom. The van der Waals surface area contributed by atoms with Crippen molar-refractivity contribution in [3.05, 3.63) is 54.1 Å². The number of amides is 1. The molecule has 5 heteroatoms. The zero-order valence-electron chi connectivity index (χ0n) is 14.5. The molecule has 1 N–H and O–H groups in total. The van der Waals surface area contributed by atoms with Gasteiger partial charge < -0.3 is 19.7 Å². The van der Waals surface area contributed by atoms with E-state index in [2.05, 4.69) is 28.4 Å². The van der Waals surface area contributed by atoms with Crippen molar-refractivity contribution in [1.82, 2.24) is 5.32 Å². The Labute approximate surface area is 148 Å². The van der Waals surface area contributed by atoms with Gasteiger partial charge in [0.05, 0.1) is 20.2 Å². The molecule has 1 amide bonds. The normalized spacial score (nSPS) is 13.1. The molecule has 0 radical (unpaired) electrons. The van der Waals surface area contributed by atoms with E-state index in [4.69, 9.17) is 9.47 Å². The molecule has 0 saturated carbocycles. The Morgan fingerprint density at radius 1 is 1.12 bits per heavy atom. The molecular weight excluding hydrogens is 316 g/mol. The van der Waals surface area contributed by atoms with Crippen molar-refractivity contribution < 1.29 is 14.3 Å². The number of fused-ring (bicyclic) bond motifs is 1. The van der Waals surface area contributed by atoms with Crippen molar-refractivity contribution in [2.75, 3.05) is 38.3 Å². The maximum Gasteiger partial charge on any atom is 0.239 e. The number of ether oxygens (including phenoxy) is 2. The van der Waals surface area contributed by atoms with Gasteiger partial charge in [0.1, 0.15) is 18.1 Å². The first-order valence-corrected chi connectivity index (χ1v) is 8.62. The third kappa shape index (κ3) is 4.66. The Bertz CT molecular complexity index is 700. The van der Waals surface area contributed by atoms with Crippen LogP contribution in [-0.2, 0) is 11.2 Å². The van der Waals surface area contributed by atoms with Crippen molar-refractivity contribution in [1.29, 1.82) is 0 Å². The van der Waals surface area contributed by atoms with Crippen LogP contribution in [0.15, 0.2) is 48.5 Å². The molecule has 25 heavy (non-hydrogen) atoms. The van der Waals surface area contributed by atoms with E-state index in [1.165, 1.54) is 11.3 Å². The monoisotopic (exact) mass is 340 g/mol. The lowest BCUT2D eigenvalue weighted by atomic mass is 10.0. The van der Waals surface area contributed by atoms with E-state index in [9.17, 15) is 4.79 Å². The van der Waals surface area contributed by atoms with E-state index in [0.717, 1.165) is 30.9 Å². The minimum atomic E-state index is 0.0232. The van der Waals surface area contributed by atoms with Gasteiger partial charge in [-0.1, -0.05) is 18.2 Å². The minimum Gasteiger partial charge on any atom is -0.497 e. The van der Waals surface area contributed by atoms with E-state index >= 15 is 0 Å². The summed E-state index contributed by atoms with van der Waals surface area (Å²) in [6.45, 7) is 2.24. The second-order valence-electron chi connectivity index (χ2n) is 6.03. The van der Waals surface area contributed by atoms with Crippen LogP contribution in [0.1, 0.15) is 12.0 Å². The average Bonchev–Trinajstić information content (AvgIpc) is 2.66. The summed E-state index contributed by atoms with van der Waals surface area (Å²) in [6, 6.07) is 15.7. The van der Waals surface area contributed by atoms with E-state index in [-0.39, 0.29) is 5.91 Å². The Balaban J connectivity index is 1.41. The summed E-state index contributed by atoms with van der Waals surface area (Å²) in [4.78, 5) is 14.3. The van der Waals surface area contributed by atoms with Gasteiger partial charge in [0.25, 0.3) is 0 Å². The molecule has 0 unspecified atom stereocenters. The highest BCUT2D eigenvalue weighted by Crippen LogP contribution is 2.26. The van der Waals surface area contributed by atoms with Gasteiger partial charge in [-0.25, -0.2) is 0 Å².